The Labute approximate surface area is 140 Å². The van der Waals surface area contributed by atoms with Crippen LogP contribution in [0.1, 0.15) is 62.2 Å². The number of ketones is 1. The molecular weight excluding hydrogens is 290 g/mol. The summed E-state index contributed by atoms with van der Waals surface area (Å²) < 4.78 is 0. The van der Waals surface area contributed by atoms with E-state index >= 15 is 0 Å². The highest BCUT2D eigenvalue weighted by atomic mass is 32.2. The number of Topliss-reactive ketones (excluding diaryl/α,β-unsaturated/α-hetero) is 1. The molecule has 0 saturated heterocycles. The fraction of sp³-hybridized carbons (Fsp3) is 0.632. The molecule has 0 fully saturated rings. The lowest BCUT2D eigenvalue weighted by molar-refractivity contribution is 0.0972. The van der Waals surface area contributed by atoms with Crippen molar-refractivity contribution >= 4 is 17.5 Å². The van der Waals surface area contributed by atoms with Gasteiger partial charge in [-0.15, -0.1) is 11.8 Å². The topological polar surface area (TPSA) is 20.3 Å². The van der Waals surface area contributed by atoms with Crippen LogP contribution in [-0.4, -0.2) is 37.1 Å². The number of hydrogen-bond donors (Lipinski definition) is 0. The van der Waals surface area contributed by atoms with E-state index in [1.165, 1.54) is 49.2 Å². The fourth-order valence-corrected chi connectivity index (χ4v) is 3.19. The van der Waals surface area contributed by atoms with Crippen LogP contribution in [0.15, 0.2) is 29.2 Å². The van der Waals surface area contributed by atoms with Crippen LogP contribution in [-0.2, 0) is 0 Å². The molecule has 1 aromatic rings. The number of nitrogens with zero attached hydrogens (tertiary/aromatic N) is 1. The Bertz CT molecular complexity index is 414. The van der Waals surface area contributed by atoms with Gasteiger partial charge in [-0.2, -0.15) is 0 Å². The zero-order chi connectivity index (χ0) is 16.2. The lowest BCUT2D eigenvalue weighted by atomic mass is 10.1. The second-order valence-corrected chi connectivity index (χ2v) is 7.29. The quantitative estimate of drug-likeness (QED) is 0.297. The van der Waals surface area contributed by atoms with Gasteiger partial charge in [-0.3, -0.25) is 4.79 Å². The molecular formula is C19H31NOS. The zero-order valence-electron chi connectivity index (χ0n) is 14.4. The number of carbonyl (C=O) groups is 1. The van der Waals surface area contributed by atoms with Crippen molar-refractivity contribution in [1.82, 2.24) is 4.90 Å². The van der Waals surface area contributed by atoms with E-state index in [4.69, 9.17) is 0 Å². The molecule has 0 bridgehead atoms. The van der Waals surface area contributed by atoms with Crippen molar-refractivity contribution in [3.8, 4) is 0 Å². The lowest BCUT2D eigenvalue weighted by Crippen LogP contribution is -2.16. The minimum absolute atomic E-state index is 0.237. The maximum absolute atomic E-state index is 12.0. The summed E-state index contributed by atoms with van der Waals surface area (Å²) >= 11 is 1.90. The van der Waals surface area contributed by atoms with Gasteiger partial charge in [-0.25, -0.2) is 0 Å². The van der Waals surface area contributed by atoms with Gasteiger partial charge < -0.3 is 4.90 Å². The Morgan fingerprint density at radius 1 is 1.00 bits per heavy atom. The first-order valence-corrected chi connectivity index (χ1v) is 9.53. The van der Waals surface area contributed by atoms with Gasteiger partial charge in [-0.05, 0) is 38.4 Å². The number of carbonyl (C=O) groups excluding carboxylic acids is 1. The Balaban J connectivity index is 2.22. The van der Waals surface area contributed by atoms with E-state index in [1.807, 2.05) is 42.9 Å². The molecule has 0 N–H and O–H groups in total. The molecule has 0 aliphatic heterocycles. The molecule has 0 amide bonds. The molecule has 1 aromatic carbocycles. The van der Waals surface area contributed by atoms with E-state index < -0.39 is 0 Å². The largest absolute Gasteiger partial charge is 0.309 e. The zero-order valence-corrected chi connectivity index (χ0v) is 15.3. The smallest absolute Gasteiger partial charge is 0.164 e. The van der Waals surface area contributed by atoms with Gasteiger partial charge in [0.05, 0.1) is 0 Å². The lowest BCUT2D eigenvalue weighted by Gasteiger charge is -2.08. The number of rotatable bonds is 12. The number of benzene rings is 1. The van der Waals surface area contributed by atoms with Crippen LogP contribution >= 0.6 is 11.8 Å². The van der Waals surface area contributed by atoms with E-state index in [9.17, 15) is 4.79 Å². The summed E-state index contributed by atoms with van der Waals surface area (Å²) in [5.41, 5.74) is 0.839. The Morgan fingerprint density at radius 2 is 1.64 bits per heavy atom. The van der Waals surface area contributed by atoms with E-state index in [2.05, 4.69) is 19.1 Å². The van der Waals surface area contributed by atoms with Crippen LogP contribution in [0, 0.1) is 0 Å². The van der Waals surface area contributed by atoms with Crippen molar-refractivity contribution in [3.63, 3.8) is 0 Å². The van der Waals surface area contributed by atoms with Gasteiger partial charge in [0.1, 0.15) is 0 Å². The van der Waals surface area contributed by atoms with Gasteiger partial charge >= 0.3 is 0 Å². The van der Waals surface area contributed by atoms with Crippen molar-refractivity contribution in [3.05, 3.63) is 29.8 Å². The molecule has 0 aliphatic rings. The molecule has 3 heteroatoms. The van der Waals surface area contributed by atoms with Crippen LogP contribution in [0.2, 0.25) is 0 Å². The van der Waals surface area contributed by atoms with E-state index in [0.717, 1.165) is 12.1 Å². The summed E-state index contributed by atoms with van der Waals surface area (Å²) in [7, 11) is 3.99. The summed E-state index contributed by atoms with van der Waals surface area (Å²) in [6.07, 6.45) is 8.66. The molecule has 0 atom stereocenters. The normalized spacial score (nSPS) is 11.1. The van der Waals surface area contributed by atoms with E-state index in [-0.39, 0.29) is 5.78 Å². The maximum Gasteiger partial charge on any atom is 0.164 e. The summed E-state index contributed by atoms with van der Waals surface area (Å²) in [6.45, 7) is 3.07. The Hall–Kier alpha value is -0.800. The standard InChI is InChI=1S/C19H31NOS/c1-4-5-6-7-8-9-16-22-18-12-10-17(11-13-18)19(21)14-15-20(2)3/h10-13H,4-9,14-16H2,1-3H3. The van der Waals surface area contributed by atoms with Gasteiger partial charge in [-0.1, -0.05) is 51.2 Å². The van der Waals surface area contributed by atoms with Crippen molar-refractivity contribution in [2.45, 2.75) is 56.8 Å². The summed E-state index contributed by atoms with van der Waals surface area (Å²) in [5.74, 6) is 1.42. The maximum atomic E-state index is 12.0. The third kappa shape index (κ3) is 8.60. The van der Waals surface area contributed by atoms with Crippen molar-refractivity contribution in [2.24, 2.45) is 0 Å². The minimum atomic E-state index is 0.237. The number of unbranched alkanes of at least 4 members (excludes halogenated alkanes) is 5. The first kappa shape index (κ1) is 19.2. The molecule has 0 unspecified atom stereocenters. The number of hydrogen-bond acceptors (Lipinski definition) is 3. The van der Waals surface area contributed by atoms with Crippen molar-refractivity contribution < 1.29 is 4.79 Å². The molecule has 1 rings (SSSR count). The molecule has 0 spiro atoms. The summed E-state index contributed by atoms with van der Waals surface area (Å²) in [5, 5.41) is 0. The highest BCUT2D eigenvalue weighted by Gasteiger charge is 2.06. The van der Waals surface area contributed by atoms with Crippen LogP contribution < -0.4 is 0 Å². The first-order chi connectivity index (χ1) is 10.6. The van der Waals surface area contributed by atoms with E-state index in [0.29, 0.717) is 6.42 Å². The molecule has 0 saturated carbocycles. The second-order valence-electron chi connectivity index (χ2n) is 6.12. The Morgan fingerprint density at radius 3 is 2.27 bits per heavy atom. The number of thioether (sulfide) groups is 1. The minimum Gasteiger partial charge on any atom is -0.309 e. The van der Waals surface area contributed by atoms with Crippen LogP contribution in [0.25, 0.3) is 0 Å². The first-order valence-electron chi connectivity index (χ1n) is 8.54. The Kier molecular flexibility index (Phi) is 10.3. The molecule has 22 heavy (non-hydrogen) atoms. The fourth-order valence-electron chi connectivity index (χ4n) is 2.28. The molecule has 124 valence electrons. The molecule has 0 aliphatic carbocycles. The molecule has 0 heterocycles. The third-order valence-corrected chi connectivity index (χ3v) is 4.83. The van der Waals surface area contributed by atoms with Gasteiger partial charge in [0, 0.05) is 23.4 Å². The highest BCUT2D eigenvalue weighted by molar-refractivity contribution is 7.99. The van der Waals surface area contributed by atoms with Crippen LogP contribution in [0.4, 0.5) is 0 Å². The SMILES string of the molecule is CCCCCCCCSc1ccc(C(=O)CCN(C)C)cc1. The van der Waals surface area contributed by atoms with Crippen molar-refractivity contribution in [2.75, 3.05) is 26.4 Å². The third-order valence-electron chi connectivity index (χ3n) is 3.73. The van der Waals surface area contributed by atoms with Crippen LogP contribution in [0.5, 0.6) is 0 Å². The second kappa shape index (κ2) is 11.7. The molecule has 2 nitrogen and oxygen atoms in total. The van der Waals surface area contributed by atoms with Gasteiger partial charge in [0.2, 0.25) is 0 Å². The molecule has 0 aromatic heterocycles. The predicted octanol–water partition coefficient (Wildman–Crippen LogP) is 5.27. The predicted molar refractivity (Wildman–Crippen MR) is 98.0 cm³/mol. The summed E-state index contributed by atoms with van der Waals surface area (Å²) in [4.78, 5) is 15.3. The van der Waals surface area contributed by atoms with Gasteiger partial charge in [0.15, 0.2) is 5.78 Å². The van der Waals surface area contributed by atoms with Gasteiger partial charge in [0.25, 0.3) is 0 Å². The average Bonchev–Trinajstić information content (AvgIpc) is 2.52. The monoisotopic (exact) mass is 321 g/mol. The van der Waals surface area contributed by atoms with Crippen molar-refractivity contribution in [1.29, 1.82) is 0 Å². The van der Waals surface area contributed by atoms with E-state index in [1.54, 1.807) is 0 Å². The highest BCUT2D eigenvalue weighted by Crippen LogP contribution is 2.21. The summed E-state index contributed by atoms with van der Waals surface area (Å²) in [6, 6.07) is 8.12. The molecule has 0 radical (unpaired) electrons. The average molecular weight is 322 g/mol. The van der Waals surface area contributed by atoms with Crippen LogP contribution in [0.3, 0.4) is 0 Å².